The van der Waals surface area contributed by atoms with E-state index in [1.54, 1.807) is 0 Å². The maximum absolute atomic E-state index is 11.8. The molecule has 0 amide bonds. The van der Waals surface area contributed by atoms with E-state index >= 15 is 0 Å². The zero-order chi connectivity index (χ0) is 12.8. The molecule has 1 heterocycles. The molecule has 0 fully saturated rings. The van der Waals surface area contributed by atoms with Gasteiger partial charge in [0.15, 0.2) is 12.4 Å². The third kappa shape index (κ3) is 5.32. The fourth-order valence-corrected chi connectivity index (χ4v) is 2.44. The van der Waals surface area contributed by atoms with Crippen LogP contribution >= 0.6 is 11.8 Å². The van der Waals surface area contributed by atoms with Crippen molar-refractivity contribution in [3.8, 4) is 0 Å². The summed E-state index contributed by atoms with van der Waals surface area (Å²) in [5, 5.41) is 0.150. The molecule has 0 aliphatic heterocycles. The molecule has 0 N–H and O–H groups in total. The Balaban J connectivity index is 0.00000180. The fraction of sp³-hybridized carbons (Fsp3) is 0.200. The Morgan fingerprint density at radius 1 is 1.11 bits per heavy atom. The van der Waals surface area contributed by atoms with Crippen molar-refractivity contribution in [2.75, 3.05) is 5.75 Å². The molecule has 0 spiro atoms. The molecule has 0 saturated heterocycles. The predicted molar refractivity (Wildman–Crippen MR) is 74.6 cm³/mol. The number of benzene rings is 1. The highest BCUT2D eigenvalue weighted by Gasteiger charge is 2.05. The van der Waals surface area contributed by atoms with Crippen LogP contribution in [-0.4, -0.2) is 10.9 Å². The molecule has 2 nitrogen and oxygen atoms in total. The molecule has 0 saturated carbocycles. The van der Waals surface area contributed by atoms with E-state index in [0.717, 1.165) is 17.7 Å². The summed E-state index contributed by atoms with van der Waals surface area (Å²) in [6, 6.07) is 13.6. The van der Waals surface area contributed by atoms with Gasteiger partial charge in [0.2, 0.25) is 5.12 Å². The van der Waals surface area contributed by atoms with Crippen molar-refractivity contribution in [3.63, 3.8) is 0 Å². The number of carbonyl (C=O) groups excluding carboxylic acids is 1. The van der Waals surface area contributed by atoms with Gasteiger partial charge in [0.05, 0.1) is 0 Å². The van der Waals surface area contributed by atoms with Crippen molar-refractivity contribution in [1.29, 1.82) is 0 Å². The second kappa shape index (κ2) is 8.32. The smallest absolute Gasteiger partial charge is 0.219 e. The first-order valence-corrected chi connectivity index (χ1v) is 6.90. The molecule has 100 valence electrons. The lowest BCUT2D eigenvalue weighted by Crippen LogP contribution is -3.00. The normalized spacial score (nSPS) is 9.74. The van der Waals surface area contributed by atoms with E-state index < -0.39 is 0 Å². The zero-order valence-corrected chi connectivity index (χ0v) is 13.7. The highest BCUT2D eigenvalue weighted by Crippen LogP contribution is 2.13. The number of carbonyl (C=O) groups is 1. The molecular weight excluding hydrogens is 369 g/mol. The molecule has 0 radical (unpaired) electrons. The highest BCUT2D eigenvalue weighted by atomic mass is 127. The van der Waals surface area contributed by atoms with Crippen LogP contribution in [0.4, 0.5) is 0 Å². The summed E-state index contributed by atoms with van der Waals surface area (Å²) in [6.45, 7) is 0. The summed E-state index contributed by atoms with van der Waals surface area (Å²) in [5.74, 6) is 0.821. The minimum absolute atomic E-state index is 0. The summed E-state index contributed by atoms with van der Waals surface area (Å²) in [5.41, 5.74) is 2.04. The predicted octanol–water partition coefficient (Wildman–Crippen LogP) is -0.369. The van der Waals surface area contributed by atoms with E-state index in [1.807, 2.05) is 54.3 Å². The second-order valence-corrected chi connectivity index (χ2v) is 5.19. The van der Waals surface area contributed by atoms with Gasteiger partial charge in [-0.1, -0.05) is 42.1 Å². The van der Waals surface area contributed by atoms with Gasteiger partial charge in [-0.25, -0.2) is 4.57 Å². The van der Waals surface area contributed by atoms with Gasteiger partial charge in [0.25, 0.3) is 0 Å². The molecule has 0 atom stereocenters. The highest BCUT2D eigenvalue weighted by molar-refractivity contribution is 8.14. The van der Waals surface area contributed by atoms with Crippen LogP contribution in [0.5, 0.6) is 0 Å². The molecule has 2 aromatic rings. The number of thioether (sulfide) groups is 1. The first kappa shape index (κ1) is 16.2. The lowest BCUT2D eigenvalue weighted by atomic mass is 10.2. The number of aromatic nitrogens is 1. The van der Waals surface area contributed by atoms with Gasteiger partial charge >= 0.3 is 0 Å². The maximum Gasteiger partial charge on any atom is 0.219 e. The minimum atomic E-state index is 0. The van der Waals surface area contributed by atoms with Crippen LogP contribution in [0, 0.1) is 0 Å². The van der Waals surface area contributed by atoms with Crippen molar-refractivity contribution in [2.45, 2.75) is 6.42 Å². The fourth-order valence-electron chi connectivity index (χ4n) is 1.62. The quantitative estimate of drug-likeness (QED) is 0.529. The lowest BCUT2D eigenvalue weighted by Gasteiger charge is -2.01. The summed E-state index contributed by atoms with van der Waals surface area (Å²) in [7, 11) is 2.00. The summed E-state index contributed by atoms with van der Waals surface area (Å²) in [6.07, 6.45) is 4.97. The van der Waals surface area contributed by atoms with Crippen molar-refractivity contribution >= 4 is 16.9 Å². The monoisotopic (exact) mass is 385 g/mol. The van der Waals surface area contributed by atoms with Gasteiger partial charge in [0.1, 0.15) is 7.05 Å². The van der Waals surface area contributed by atoms with Crippen LogP contribution < -0.4 is 28.5 Å². The van der Waals surface area contributed by atoms with Crippen molar-refractivity contribution in [3.05, 3.63) is 66.0 Å². The summed E-state index contributed by atoms with van der Waals surface area (Å²) in [4.78, 5) is 11.8. The largest absolute Gasteiger partial charge is 1.00 e. The Bertz CT molecular complexity index is 513. The molecule has 2 rings (SSSR count). The minimum Gasteiger partial charge on any atom is -1.00 e. The maximum atomic E-state index is 11.8. The lowest BCUT2D eigenvalue weighted by molar-refractivity contribution is -0.671. The SMILES string of the molecule is C[n+]1ccc(CCSC(=O)c2ccccc2)cc1.[I-]. The molecule has 19 heavy (non-hydrogen) atoms. The number of nitrogens with zero attached hydrogens (tertiary/aromatic N) is 1. The Morgan fingerprint density at radius 3 is 2.37 bits per heavy atom. The average molecular weight is 385 g/mol. The van der Waals surface area contributed by atoms with Crippen LogP contribution in [0.15, 0.2) is 54.9 Å². The standard InChI is InChI=1S/C15H16NOS.HI/c1-16-10-7-13(8-11-16)9-12-18-15(17)14-5-3-2-4-6-14;/h2-8,10-11H,9,12H2,1H3;1H/q+1;/p-1. The van der Waals surface area contributed by atoms with Gasteiger partial charge in [-0.15, -0.1) is 0 Å². The van der Waals surface area contributed by atoms with Gasteiger partial charge < -0.3 is 24.0 Å². The average Bonchev–Trinajstić information content (AvgIpc) is 2.42. The van der Waals surface area contributed by atoms with Crippen LogP contribution in [0.3, 0.4) is 0 Å². The molecular formula is C15H16INOS. The van der Waals surface area contributed by atoms with Crippen molar-refractivity contribution in [1.82, 2.24) is 0 Å². The first-order chi connectivity index (χ1) is 8.75. The Morgan fingerprint density at radius 2 is 1.74 bits per heavy atom. The van der Waals surface area contributed by atoms with E-state index in [1.165, 1.54) is 17.3 Å². The van der Waals surface area contributed by atoms with Crippen LogP contribution in [0.1, 0.15) is 15.9 Å². The Kier molecular flexibility index (Phi) is 7.09. The number of rotatable bonds is 4. The number of hydrogen-bond acceptors (Lipinski definition) is 2. The topological polar surface area (TPSA) is 20.9 Å². The molecule has 0 aliphatic rings. The van der Waals surface area contributed by atoms with Crippen molar-refractivity contribution in [2.24, 2.45) is 7.05 Å². The second-order valence-electron chi connectivity index (χ2n) is 4.12. The molecule has 0 unspecified atom stereocenters. The number of halogens is 1. The van der Waals surface area contributed by atoms with Crippen LogP contribution in [0.25, 0.3) is 0 Å². The molecule has 1 aromatic heterocycles. The van der Waals surface area contributed by atoms with Gasteiger partial charge in [-0.3, -0.25) is 4.79 Å². The molecule has 0 aliphatic carbocycles. The molecule has 0 bridgehead atoms. The zero-order valence-electron chi connectivity index (χ0n) is 10.8. The Labute approximate surface area is 135 Å². The van der Waals surface area contributed by atoms with Crippen LogP contribution in [0.2, 0.25) is 0 Å². The van der Waals surface area contributed by atoms with Gasteiger partial charge in [-0.05, 0) is 12.0 Å². The van der Waals surface area contributed by atoms with Crippen molar-refractivity contribution < 1.29 is 33.3 Å². The third-order valence-electron chi connectivity index (χ3n) is 2.68. The van der Waals surface area contributed by atoms with Gasteiger partial charge in [0, 0.05) is 23.4 Å². The van der Waals surface area contributed by atoms with E-state index in [0.29, 0.717) is 0 Å². The number of hydrogen-bond donors (Lipinski definition) is 0. The number of aryl methyl sites for hydroxylation is 2. The van der Waals surface area contributed by atoms with E-state index in [9.17, 15) is 4.79 Å². The molecule has 1 aromatic carbocycles. The summed E-state index contributed by atoms with van der Waals surface area (Å²) >= 11 is 1.38. The van der Waals surface area contributed by atoms with Crippen LogP contribution in [-0.2, 0) is 13.5 Å². The molecule has 4 heteroatoms. The third-order valence-corrected chi connectivity index (χ3v) is 3.59. The summed E-state index contributed by atoms with van der Waals surface area (Å²) < 4.78 is 2.01. The first-order valence-electron chi connectivity index (χ1n) is 5.92. The van der Waals surface area contributed by atoms with Gasteiger partial charge in [-0.2, -0.15) is 0 Å². The number of pyridine rings is 1. The van der Waals surface area contributed by atoms with E-state index in [-0.39, 0.29) is 29.1 Å². The van der Waals surface area contributed by atoms with E-state index in [2.05, 4.69) is 12.1 Å². The Hall–Kier alpha value is -0.880. The van der Waals surface area contributed by atoms with E-state index in [4.69, 9.17) is 0 Å².